The zero-order valence-electron chi connectivity index (χ0n) is 8.10. The molecule has 0 aliphatic heterocycles. The molecule has 0 aliphatic carbocycles. The molecule has 0 aliphatic rings. The summed E-state index contributed by atoms with van der Waals surface area (Å²) in [5, 5.41) is 9.63. The van der Waals surface area contributed by atoms with E-state index in [1.165, 1.54) is 0 Å². The lowest BCUT2D eigenvalue weighted by Gasteiger charge is -2.06. The molecule has 0 spiro atoms. The van der Waals surface area contributed by atoms with Gasteiger partial charge in [0, 0.05) is 27.0 Å². The molecule has 1 aromatic heterocycles. The van der Waals surface area contributed by atoms with Crippen molar-refractivity contribution in [1.82, 2.24) is 9.55 Å². The van der Waals surface area contributed by atoms with E-state index < -0.39 is 6.10 Å². The number of imidazole rings is 1. The van der Waals surface area contributed by atoms with Crippen molar-refractivity contribution in [1.29, 1.82) is 0 Å². The Morgan fingerprint density at radius 3 is 3.00 bits per heavy atom. The highest BCUT2D eigenvalue weighted by Crippen LogP contribution is 2.15. The largest absolute Gasteiger partial charge is 0.387 e. The van der Waals surface area contributed by atoms with E-state index in [1.807, 2.05) is 17.8 Å². The van der Waals surface area contributed by atoms with Crippen molar-refractivity contribution in [2.75, 3.05) is 13.7 Å². The Morgan fingerprint density at radius 1 is 1.69 bits per heavy atom. The minimum atomic E-state index is -0.462. The Kier molecular flexibility index (Phi) is 3.92. The van der Waals surface area contributed by atoms with Gasteiger partial charge in [-0.05, 0) is 12.8 Å². The van der Waals surface area contributed by atoms with Crippen LogP contribution in [0.1, 0.15) is 24.6 Å². The molecule has 1 atom stereocenters. The molecule has 0 saturated carbocycles. The number of ether oxygens (including phenoxy) is 1. The molecule has 1 aromatic rings. The Bertz CT molecular complexity index is 248. The zero-order chi connectivity index (χ0) is 9.68. The van der Waals surface area contributed by atoms with E-state index in [4.69, 9.17) is 4.74 Å². The van der Waals surface area contributed by atoms with Gasteiger partial charge in [-0.3, -0.25) is 0 Å². The summed E-state index contributed by atoms with van der Waals surface area (Å²) in [7, 11) is 3.55. The van der Waals surface area contributed by atoms with Crippen LogP contribution in [0, 0.1) is 0 Å². The van der Waals surface area contributed by atoms with Crippen LogP contribution in [0.25, 0.3) is 0 Å². The predicted octanol–water partition coefficient (Wildman–Crippen LogP) is 0.880. The number of aliphatic hydroxyl groups is 1. The first-order chi connectivity index (χ1) is 6.24. The van der Waals surface area contributed by atoms with Crippen molar-refractivity contribution in [2.45, 2.75) is 18.9 Å². The van der Waals surface area contributed by atoms with Crippen molar-refractivity contribution < 1.29 is 9.84 Å². The summed E-state index contributed by atoms with van der Waals surface area (Å²) in [6, 6.07) is 0. The van der Waals surface area contributed by atoms with Crippen molar-refractivity contribution in [2.24, 2.45) is 7.05 Å². The molecule has 74 valence electrons. The summed E-state index contributed by atoms with van der Waals surface area (Å²) >= 11 is 0. The quantitative estimate of drug-likeness (QED) is 0.691. The Hall–Kier alpha value is -0.870. The second kappa shape index (κ2) is 4.99. The van der Waals surface area contributed by atoms with Crippen LogP contribution >= 0.6 is 0 Å². The van der Waals surface area contributed by atoms with Gasteiger partial charge in [-0.2, -0.15) is 0 Å². The van der Waals surface area contributed by atoms with E-state index in [0.717, 1.165) is 12.1 Å². The second-order valence-electron chi connectivity index (χ2n) is 3.11. The SMILES string of the molecule is COCCCC(O)c1cn(C)cn1. The van der Waals surface area contributed by atoms with Gasteiger partial charge in [0.2, 0.25) is 0 Å². The van der Waals surface area contributed by atoms with E-state index in [-0.39, 0.29) is 0 Å². The van der Waals surface area contributed by atoms with Gasteiger partial charge in [0.05, 0.1) is 18.1 Å². The fourth-order valence-electron chi connectivity index (χ4n) is 1.17. The van der Waals surface area contributed by atoms with E-state index in [9.17, 15) is 5.11 Å². The maximum atomic E-state index is 9.63. The van der Waals surface area contributed by atoms with E-state index in [0.29, 0.717) is 13.0 Å². The van der Waals surface area contributed by atoms with Gasteiger partial charge in [0.1, 0.15) is 0 Å². The lowest BCUT2D eigenvalue weighted by atomic mass is 10.1. The molecule has 0 fully saturated rings. The summed E-state index contributed by atoms with van der Waals surface area (Å²) in [5.41, 5.74) is 0.735. The van der Waals surface area contributed by atoms with Crippen molar-refractivity contribution >= 4 is 0 Å². The minimum Gasteiger partial charge on any atom is -0.387 e. The first-order valence-corrected chi connectivity index (χ1v) is 4.39. The molecule has 13 heavy (non-hydrogen) atoms. The summed E-state index contributed by atoms with van der Waals surface area (Å²) < 4.78 is 6.72. The van der Waals surface area contributed by atoms with Gasteiger partial charge in [0.15, 0.2) is 0 Å². The normalized spacial score (nSPS) is 13.2. The number of aryl methyl sites for hydroxylation is 1. The second-order valence-corrected chi connectivity index (χ2v) is 3.11. The van der Waals surface area contributed by atoms with E-state index in [2.05, 4.69) is 4.98 Å². The van der Waals surface area contributed by atoms with Crippen LogP contribution in [0.15, 0.2) is 12.5 Å². The number of aromatic nitrogens is 2. The number of hydrogen-bond donors (Lipinski definition) is 1. The van der Waals surface area contributed by atoms with Gasteiger partial charge in [-0.25, -0.2) is 4.98 Å². The van der Waals surface area contributed by atoms with Gasteiger partial charge in [-0.15, -0.1) is 0 Å². The van der Waals surface area contributed by atoms with Crippen LogP contribution < -0.4 is 0 Å². The fraction of sp³-hybridized carbons (Fsp3) is 0.667. The van der Waals surface area contributed by atoms with Crippen molar-refractivity contribution in [3.05, 3.63) is 18.2 Å². The minimum absolute atomic E-state index is 0.462. The molecule has 1 N–H and O–H groups in total. The highest BCUT2D eigenvalue weighted by Gasteiger charge is 2.09. The molecule has 1 heterocycles. The summed E-state index contributed by atoms with van der Waals surface area (Å²) in [6.45, 7) is 0.684. The predicted molar refractivity (Wildman–Crippen MR) is 49.3 cm³/mol. The third-order valence-electron chi connectivity index (χ3n) is 1.89. The maximum absolute atomic E-state index is 9.63. The number of hydrogen-bond acceptors (Lipinski definition) is 3. The van der Waals surface area contributed by atoms with Crippen LogP contribution in [0.3, 0.4) is 0 Å². The average Bonchev–Trinajstić information content (AvgIpc) is 2.52. The van der Waals surface area contributed by atoms with E-state index in [1.54, 1.807) is 13.4 Å². The number of methoxy groups -OCH3 is 1. The first kappa shape index (κ1) is 10.2. The molecule has 0 saturated heterocycles. The van der Waals surface area contributed by atoms with Gasteiger partial charge in [-0.1, -0.05) is 0 Å². The fourth-order valence-corrected chi connectivity index (χ4v) is 1.17. The van der Waals surface area contributed by atoms with Crippen LogP contribution in [-0.4, -0.2) is 28.4 Å². The molecule has 4 nitrogen and oxygen atoms in total. The Balaban J connectivity index is 2.35. The summed E-state index contributed by atoms with van der Waals surface area (Å²) in [4.78, 5) is 4.07. The van der Waals surface area contributed by atoms with Crippen LogP contribution in [0.4, 0.5) is 0 Å². The third-order valence-corrected chi connectivity index (χ3v) is 1.89. The highest BCUT2D eigenvalue weighted by atomic mass is 16.5. The van der Waals surface area contributed by atoms with Crippen molar-refractivity contribution in [3.8, 4) is 0 Å². The first-order valence-electron chi connectivity index (χ1n) is 4.39. The molecule has 4 heteroatoms. The van der Waals surface area contributed by atoms with Crippen LogP contribution in [0.5, 0.6) is 0 Å². The van der Waals surface area contributed by atoms with Gasteiger partial charge < -0.3 is 14.4 Å². The van der Waals surface area contributed by atoms with Crippen molar-refractivity contribution in [3.63, 3.8) is 0 Å². The van der Waals surface area contributed by atoms with Gasteiger partial charge in [0.25, 0.3) is 0 Å². The third kappa shape index (κ3) is 3.16. The summed E-state index contributed by atoms with van der Waals surface area (Å²) in [6.07, 6.45) is 4.61. The van der Waals surface area contributed by atoms with Gasteiger partial charge >= 0.3 is 0 Å². The highest BCUT2D eigenvalue weighted by molar-refractivity contribution is 5.00. The zero-order valence-corrected chi connectivity index (χ0v) is 8.10. The molecular weight excluding hydrogens is 168 g/mol. The van der Waals surface area contributed by atoms with Crippen LogP contribution in [-0.2, 0) is 11.8 Å². The lowest BCUT2D eigenvalue weighted by Crippen LogP contribution is -2.00. The monoisotopic (exact) mass is 184 g/mol. The Morgan fingerprint density at radius 2 is 2.46 bits per heavy atom. The topological polar surface area (TPSA) is 47.3 Å². The Labute approximate surface area is 78.2 Å². The smallest absolute Gasteiger partial charge is 0.0976 e. The number of rotatable bonds is 5. The molecule has 0 aromatic carbocycles. The number of aliphatic hydroxyl groups excluding tert-OH is 1. The van der Waals surface area contributed by atoms with Crippen LogP contribution in [0.2, 0.25) is 0 Å². The standard InChI is InChI=1S/C9H16N2O2/c1-11-6-8(10-7-11)9(12)4-3-5-13-2/h6-7,9,12H,3-5H2,1-2H3. The maximum Gasteiger partial charge on any atom is 0.0976 e. The summed E-state index contributed by atoms with van der Waals surface area (Å²) in [5.74, 6) is 0. The molecular formula is C9H16N2O2. The van der Waals surface area contributed by atoms with E-state index >= 15 is 0 Å². The molecule has 0 radical (unpaired) electrons. The molecule has 1 rings (SSSR count). The lowest BCUT2D eigenvalue weighted by molar-refractivity contribution is 0.133. The molecule has 0 bridgehead atoms. The molecule has 0 amide bonds. The molecule has 1 unspecified atom stereocenters. The number of nitrogens with zero attached hydrogens (tertiary/aromatic N) is 2. The average molecular weight is 184 g/mol.